The van der Waals surface area contributed by atoms with Gasteiger partial charge in [-0.15, -0.1) is 0 Å². The predicted octanol–water partition coefficient (Wildman–Crippen LogP) is 3.98. The molecule has 3 aromatic rings. The minimum atomic E-state index is -0.801. The first-order chi connectivity index (χ1) is 10.7. The fourth-order valence-electron chi connectivity index (χ4n) is 2.21. The number of ether oxygens (including phenoxy) is 1. The zero-order valence-corrected chi connectivity index (χ0v) is 11.5. The summed E-state index contributed by atoms with van der Waals surface area (Å²) in [5.74, 6) is -1.97. The van der Waals surface area contributed by atoms with E-state index in [4.69, 9.17) is 4.74 Å². The first-order valence-electron chi connectivity index (χ1n) is 6.65. The van der Waals surface area contributed by atoms with Crippen LogP contribution < -0.4 is 0 Å². The van der Waals surface area contributed by atoms with Crippen LogP contribution in [0, 0.1) is 5.82 Å². The Morgan fingerprint density at radius 3 is 2.09 bits per heavy atom. The number of carbonyl (C=O) groups excluding carboxylic acids is 2. The summed E-state index contributed by atoms with van der Waals surface area (Å²) in [5.41, 5.74) is 0.434. The molecule has 22 heavy (non-hydrogen) atoms. The maximum Gasteiger partial charge on any atom is 0.346 e. The van der Waals surface area contributed by atoms with Crippen LogP contribution in [0.5, 0.6) is 0 Å². The van der Waals surface area contributed by atoms with Gasteiger partial charge in [-0.1, -0.05) is 42.5 Å². The molecule has 0 N–H and O–H groups in total. The molecule has 3 nitrogen and oxygen atoms in total. The van der Waals surface area contributed by atoms with E-state index < -0.39 is 17.8 Å². The number of benzene rings is 3. The van der Waals surface area contributed by atoms with E-state index in [9.17, 15) is 14.0 Å². The van der Waals surface area contributed by atoms with E-state index in [1.165, 1.54) is 12.1 Å². The Kier molecular flexibility index (Phi) is 3.66. The van der Waals surface area contributed by atoms with Crippen molar-refractivity contribution in [2.75, 3.05) is 0 Å². The third-order valence-electron chi connectivity index (χ3n) is 3.29. The molecule has 0 unspecified atom stereocenters. The molecule has 0 aliphatic rings. The van der Waals surface area contributed by atoms with Crippen molar-refractivity contribution in [3.05, 3.63) is 83.7 Å². The molecule has 0 bridgehead atoms. The van der Waals surface area contributed by atoms with Crippen molar-refractivity contribution in [2.24, 2.45) is 0 Å². The largest absolute Gasteiger partial charge is 0.386 e. The van der Waals surface area contributed by atoms with Gasteiger partial charge in [-0.2, -0.15) is 0 Å². The molecule has 0 saturated carbocycles. The van der Waals surface area contributed by atoms with Gasteiger partial charge in [0.2, 0.25) is 0 Å². The van der Waals surface area contributed by atoms with Crippen molar-refractivity contribution in [3.8, 4) is 0 Å². The topological polar surface area (TPSA) is 43.4 Å². The normalized spacial score (nSPS) is 10.4. The lowest BCUT2D eigenvalue weighted by atomic mass is 10.0. The van der Waals surface area contributed by atoms with Crippen LogP contribution in [-0.2, 0) is 4.74 Å². The summed E-state index contributed by atoms with van der Waals surface area (Å²) >= 11 is 0. The Labute approximate surface area is 126 Å². The maximum absolute atomic E-state index is 13.7. The Morgan fingerprint density at radius 1 is 0.727 bits per heavy atom. The number of carbonyl (C=O) groups is 2. The van der Waals surface area contributed by atoms with E-state index in [1.54, 1.807) is 54.6 Å². The van der Waals surface area contributed by atoms with Crippen molar-refractivity contribution >= 4 is 22.7 Å². The first kappa shape index (κ1) is 13.9. The van der Waals surface area contributed by atoms with Crippen molar-refractivity contribution in [1.82, 2.24) is 0 Å². The summed E-state index contributed by atoms with van der Waals surface area (Å²) in [6.07, 6.45) is 0. The zero-order chi connectivity index (χ0) is 15.5. The quantitative estimate of drug-likeness (QED) is 0.530. The number of esters is 2. The second-order valence-corrected chi connectivity index (χ2v) is 4.68. The van der Waals surface area contributed by atoms with E-state index in [1.807, 2.05) is 0 Å². The van der Waals surface area contributed by atoms with Crippen molar-refractivity contribution in [1.29, 1.82) is 0 Å². The van der Waals surface area contributed by atoms with E-state index in [2.05, 4.69) is 0 Å². The minimum absolute atomic E-state index is 0.154. The highest BCUT2D eigenvalue weighted by Crippen LogP contribution is 2.22. The van der Waals surface area contributed by atoms with Gasteiger partial charge in [0.15, 0.2) is 0 Å². The van der Waals surface area contributed by atoms with Gasteiger partial charge in [0.05, 0.1) is 11.1 Å². The molecule has 0 aromatic heterocycles. The average molecular weight is 294 g/mol. The Hall–Kier alpha value is -3.01. The highest BCUT2D eigenvalue weighted by Gasteiger charge is 2.18. The summed E-state index contributed by atoms with van der Waals surface area (Å²) in [6.45, 7) is 0. The van der Waals surface area contributed by atoms with Crippen LogP contribution in [0.3, 0.4) is 0 Å². The number of halogens is 1. The number of fused-ring (bicyclic) bond motifs is 1. The summed E-state index contributed by atoms with van der Waals surface area (Å²) in [6, 6.07) is 17.3. The van der Waals surface area contributed by atoms with Gasteiger partial charge in [-0.05, 0) is 29.7 Å². The van der Waals surface area contributed by atoms with Crippen LogP contribution in [0.2, 0.25) is 0 Å². The van der Waals surface area contributed by atoms with Crippen LogP contribution in [-0.4, -0.2) is 11.9 Å². The standard InChI is InChI=1S/C18H11FO3/c19-16-11-10-15(13-8-4-5-9-14(13)16)18(21)22-17(20)12-6-2-1-3-7-12/h1-11H. The fraction of sp³-hybridized carbons (Fsp3) is 0. The molecule has 0 spiro atoms. The third kappa shape index (κ3) is 2.59. The lowest BCUT2D eigenvalue weighted by molar-refractivity contribution is 0.0399. The highest BCUT2D eigenvalue weighted by atomic mass is 19.1. The lowest BCUT2D eigenvalue weighted by Crippen LogP contribution is -2.13. The van der Waals surface area contributed by atoms with Crippen LogP contribution in [0.4, 0.5) is 4.39 Å². The van der Waals surface area contributed by atoms with Gasteiger partial charge >= 0.3 is 11.9 Å². The molecule has 0 heterocycles. The van der Waals surface area contributed by atoms with Gasteiger partial charge in [-0.3, -0.25) is 0 Å². The number of rotatable bonds is 2. The summed E-state index contributed by atoms with van der Waals surface area (Å²) in [7, 11) is 0. The van der Waals surface area contributed by atoms with Crippen LogP contribution in [0.25, 0.3) is 10.8 Å². The van der Waals surface area contributed by atoms with Gasteiger partial charge in [0, 0.05) is 5.39 Å². The number of hydrogen-bond donors (Lipinski definition) is 0. The number of hydrogen-bond acceptors (Lipinski definition) is 3. The summed E-state index contributed by atoms with van der Waals surface area (Å²) < 4.78 is 18.6. The second-order valence-electron chi connectivity index (χ2n) is 4.68. The van der Waals surface area contributed by atoms with Crippen LogP contribution in [0.1, 0.15) is 20.7 Å². The molecule has 108 valence electrons. The lowest BCUT2D eigenvalue weighted by Gasteiger charge is -2.07. The van der Waals surface area contributed by atoms with Crippen molar-refractivity contribution in [2.45, 2.75) is 0 Å². The van der Waals surface area contributed by atoms with Crippen molar-refractivity contribution < 1.29 is 18.7 Å². The summed E-state index contributed by atoms with van der Waals surface area (Å²) in [4.78, 5) is 24.1. The van der Waals surface area contributed by atoms with Gasteiger partial charge < -0.3 is 4.74 Å². The van der Waals surface area contributed by atoms with Gasteiger partial charge in [-0.25, -0.2) is 14.0 Å². The van der Waals surface area contributed by atoms with E-state index in [0.717, 1.165) is 0 Å². The van der Waals surface area contributed by atoms with Crippen LogP contribution >= 0.6 is 0 Å². The first-order valence-corrected chi connectivity index (χ1v) is 6.65. The Morgan fingerprint density at radius 2 is 1.36 bits per heavy atom. The molecule has 4 heteroatoms. The fourth-order valence-corrected chi connectivity index (χ4v) is 2.21. The van der Waals surface area contributed by atoms with Gasteiger partial charge in [0.25, 0.3) is 0 Å². The molecular formula is C18H11FO3. The molecule has 3 rings (SSSR count). The Balaban J connectivity index is 1.93. The monoisotopic (exact) mass is 294 g/mol. The SMILES string of the molecule is O=C(OC(=O)c1ccc(F)c2ccccc12)c1ccccc1. The second kappa shape index (κ2) is 5.77. The Bertz CT molecular complexity index is 857. The van der Waals surface area contributed by atoms with Crippen LogP contribution in [0.15, 0.2) is 66.7 Å². The molecule has 3 aromatic carbocycles. The highest BCUT2D eigenvalue weighted by molar-refractivity contribution is 6.09. The molecule has 0 atom stereocenters. The minimum Gasteiger partial charge on any atom is -0.386 e. The molecule has 0 fully saturated rings. The third-order valence-corrected chi connectivity index (χ3v) is 3.29. The zero-order valence-electron chi connectivity index (χ0n) is 11.5. The summed E-state index contributed by atoms with van der Waals surface area (Å²) in [5, 5.41) is 0.720. The molecule has 0 radical (unpaired) electrons. The van der Waals surface area contributed by atoms with E-state index >= 15 is 0 Å². The van der Waals surface area contributed by atoms with Crippen molar-refractivity contribution in [3.63, 3.8) is 0 Å². The smallest absolute Gasteiger partial charge is 0.346 e. The van der Waals surface area contributed by atoms with E-state index in [-0.39, 0.29) is 11.1 Å². The molecule has 0 aliphatic heterocycles. The molecule has 0 saturated heterocycles. The van der Waals surface area contributed by atoms with E-state index in [0.29, 0.717) is 10.8 Å². The average Bonchev–Trinajstić information content (AvgIpc) is 2.56. The predicted molar refractivity (Wildman–Crippen MR) is 80.1 cm³/mol. The molecular weight excluding hydrogens is 283 g/mol. The van der Waals surface area contributed by atoms with Gasteiger partial charge in [0.1, 0.15) is 5.82 Å². The molecule has 0 aliphatic carbocycles. The molecule has 0 amide bonds. The maximum atomic E-state index is 13.7.